The number of piperazine rings is 1. The van der Waals surface area contributed by atoms with E-state index in [2.05, 4.69) is 79.7 Å². The number of rotatable bonds is 20. The fourth-order valence-corrected chi connectivity index (χ4v) is 10.6. The maximum atomic E-state index is 13.5. The third kappa shape index (κ3) is 16.3. The molecule has 3 N–H and O–H groups in total. The summed E-state index contributed by atoms with van der Waals surface area (Å²) in [5.74, 6) is -0.763. The van der Waals surface area contributed by atoms with Crippen LogP contribution in [0.2, 0.25) is 51.4 Å². The molecule has 0 saturated carbocycles. The zero-order chi connectivity index (χ0) is 61.1. The first-order chi connectivity index (χ1) is 39.4. The number of nitrogens with one attached hydrogen (secondary N) is 3. The Hall–Kier alpha value is -7.34. The molecule has 452 valence electrons. The van der Waals surface area contributed by atoms with Gasteiger partial charge in [-0.25, -0.2) is 19.9 Å². The van der Waals surface area contributed by atoms with Crippen LogP contribution in [0, 0.1) is 0 Å². The van der Waals surface area contributed by atoms with Gasteiger partial charge in [-0.1, -0.05) is 39.3 Å². The molecule has 6 aromatic heterocycles. The van der Waals surface area contributed by atoms with E-state index < -0.39 is 40.4 Å². The SMILES string of the molecule is CC(C)(C)NC(=O)c1cn(COCC[Si](C)(C)C)c2ncc(-c3n[nH]c4ccc(OC(F)F)cc34)nc12.CN1CCN(C(=O)Cn2nc(-c3cnc4c(n3)c(C(=O)NC(C)(C)C)cn4COCC[Si](C)(C)C)c3cc(OC(F)F)ccc32)CC1. The molecular formula is C57H76F4N14O7Si2. The summed E-state index contributed by atoms with van der Waals surface area (Å²) in [6, 6.07) is 11.0. The van der Waals surface area contributed by atoms with E-state index in [1.165, 1.54) is 30.5 Å². The van der Waals surface area contributed by atoms with E-state index in [-0.39, 0.29) is 49.2 Å². The van der Waals surface area contributed by atoms with E-state index >= 15 is 0 Å². The Morgan fingerprint density at radius 1 is 0.667 bits per heavy atom. The molecule has 21 nitrogen and oxygen atoms in total. The number of hydrogen-bond acceptors (Lipinski definition) is 14. The first-order valence-corrected chi connectivity index (χ1v) is 35.2. The van der Waals surface area contributed by atoms with Crippen molar-refractivity contribution in [2.24, 2.45) is 0 Å². The molecular weight excluding hydrogens is 1120 g/mol. The lowest BCUT2D eigenvalue weighted by Gasteiger charge is -2.32. The highest BCUT2D eigenvalue weighted by Gasteiger charge is 2.28. The number of carbonyl (C=O) groups excluding carboxylic acids is 3. The number of benzene rings is 2. The first kappa shape index (κ1) is 62.7. The van der Waals surface area contributed by atoms with Crippen molar-refractivity contribution in [3.8, 4) is 34.3 Å². The average molecular weight is 1200 g/mol. The molecule has 7 heterocycles. The maximum Gasteiger partial charge on any atom is 0.387 e. The van der Waals surface area contributed by atoms with E-state index in [1.807, 2.05) is 48.6 Å². The lowest BCUT2D eigenvalue weighted by Crippen LogP contribution is -2.48. The van der Waals surface area contributed by atoms with Crippen molar-refractivity contribution in [1.29, 1.82) is 0 Å². The fourth-order valence-electron chi connectivity index (χ4n) is 9.05. The van der Waals surface area contributed by atoms with Gasteiger partial charge in [0.05, 0.1) is 34.6 Å². The Bertz CT molecular complexity index is 3650. The highest BCUT2D eigenvalue weighted by Crippen LogP contribution is 2.34. The van der Waals surface area contributed by atoms with Gasteiger partial charge in [0.1, 0.15) is 65.3 Å². The molecule has 1 aliphatic rings. The van der Waals surface area contributed by atoms with Crippen LogP contribution in [-0.4, -0.2) is 163 Å². The van der Waals surface area contributed by atoms with Crippen LogP contribution in [0.3, 0.4) is 0 Å². The quantitative estimate of drug-likeness (QED) is 0.0367. The van der Waals surface area contributed by atoms with Crippen molar-refractivity contribution in [3.63, 3.8) is 0 Å². The van der Waals surface area contributed by atoms with Gasteiger partial charge in [0.15, 0.2) is 11.3 Å². The molecule has 84 heavy (non-hydrogen) atoms. The van der Waals surface area contributed by atoms with Gasteiger partial charge in [0.2, 0.25) is 5.91 Å². The molecule has 0 unspecified atom stereocenters. The summed E-state index contributed by atoms with van der Waals surface area (Å²) in [4.78, 5) is 62.7. The molecule has 8 aromatic rings. The monoisotopic (exact) mass is 1200 g/mol. The van der Waals surface area contributed by atoms with Gasteiger partial charge in [0, 0.05) is 89.8 Å². The first-order valence-electron chi connectivity index (χ1n) is 27.8. The summed E-state index contributed by atoms with van der Waals surface area (Å²) in [5.41, 5.74) is 3.99. The van der Waals surface area contributed by atoms with E-state index in [4.69, 9.17) is 29.3 Å². The van der Waals surface area contributed by atoms with Crippen molar-refractivity contribution in [2.75, 3.05) is 46.4 Å². The highest BCUT2D eigenvalue weighted by atomic mass is 28.3. The van der Waals surface area contributed by atoms with Crippen molar-refractivity contribution >= 4 is 78.0 Å². The van der Waals surface area contributed by atoms with Crippen LogP contribution in [0.4, 0.5) is 17.6 Å². The van der Waals surface area contributed by atoms with Crippen LogP contribution in [0.5, 0.6) is 11.5 Å². The predicted molar refractivity (Wildman–Crippen MR) is 319 cm³/mol. The number of alkyl halides is 4. The van der Waals surface area contributed by atoms with Crippen LogP contribution in [-0.2, 0) is 34.3 Å². The Morgan fingerprint density at radius 3 is 1.62 bits per heavy atom. The number of likely N-dealkylation sites (N-methyl/N-ethyl adjacent to an activating group) is 1. The Morgan fingerprint density at radius 2 is 1.14 bits per heavy atom. The van der Waals surface area contributed by atoms with Crippen LogP contribution < -0.4 is 20.1 Å². The molecule has 9 rings (SSSR count). The number of fused-ring (bicyclic) bond motifs is 4. The van der Waals surface area contributed by atoms with Gasteiger partial charge in [-0.3, -0.25) is 24.2 Å². The summed E-state index contributed by atoms with van der Waals surface area (Å²) in [6.45, 7) is 23.4. The zero-order valence-electron chi connectivity index (χ0n) is 50.0. The van der Waals surface area contributed by atoms with Crippen LogP contribution in [0.25, 0.3) is 66.9 Å². The Kier molecular flexibility index (Phi) is 19.0. The third-order valence-electron chi connectivity index (χ3n) is 13.4. The largest absolute Gasteiger partial charge is 0.435 e. The van der Waals surface area contributed by atoms with Crippen LogP contribution >= 0.6 is 0 Å². The maximum absolute atomic E-state index is 13.5. The summed E-state index contributed by atoms with van der Waals surface area (Å²) in [5, 5.41) is 18.9. The third-order valence-corrected chi connectivity index (χ3v) is 16.8. The van der Waals surface area contributed by atoms with E-state index in [1.54, 1.807) is 49.4 Å². The zero-order valence-corrected chi connectivity index (χ0v) is 52.0. The summed E-state index contributed by atoms with van der Waals surface area (Å²) < 4.78 is 78.0. The van der Waals surface area contributed by atoms with Gasteiger partial charge in [0.25, 0.3) is 11.8 Å². The minimum absolute atomic E-state index is 0.00560. The topological polar surface area (TPSA) is 227 Å². The number of hydrogen-bond donors (Lipinski definition) is 3. The number of halogens is 4. The van der Waals surface area contributed by atoms with Crippen molar-refractivity contribution < 1.29 is 50.9 Å². The predicted octanol–water partition coefficient (Wildman–Crippen LogP) is 10.1. The van der Waals surface area contributed by atoms with E-state index in [0.717, 1.165) is 25.2 Å². The number of nitrogens with zero attached hydrogens (tertiary/aromatic N) is 11. The molecule has 3 amide bonds. The van der Waals surface area contributed by atoms with Gasteiger partial charge in [-0.2, -0.15) is 27.8 Å². The standard InChI is InChI=1S/C32H44F2N8O4Si.C25H32F2N6O3Si/c1-32(2,3)37-30(44)23-18-41(20-45-14-15-47(5,6)7)29-28(23)36-24(17-35-29)27-22-16-21(46-31(33)34)8-9-25(22)42(38-27)19-26(43)40-12-10-39(4)11-13-40;1-25(2,3)30-23(34)17-13-33(14-35-9-10-37(4,5)6)22-21(17)29-19(12-28-22)20-16-11-15(36-24(26)27)7-8-18(16)31-32-20/h8-9,16-18,31H,10-15,19-20H2,1-7H3,(H,37,44);7-8,11-13,24H,9-10,14H2,1-6H3,(H,30,34)(H,31,32). The number of H-pyrrole nitrogens is 1. The molecule has 0 bridgehead atoms. The van der Waals surface area contributed by atoms with Gasteiger partial charge < -0.3 is 48.5 Å². The summed E-state index contributed by atoms with van der Waals surface area (Å²) in [6.07, 6.45) is 6.45. The molecule has 1 saturated heterocycles. The molecule has 0 spiro atoms. The molecule has 0 aliphatic carbocycles. The second-order valence-electron chi connectivity index (χ2n) is 25.4. The molecule has 2 aromatic carbocycles. The average Bonchev–Trinajstić information content (AvgIpc) is 4.29. The number of ether oxygens (including phenoxy) is 4. The van der Waals surface area contributed by atoms with E-state index in [9.17, 15) is 31.9 Å². The normalized spacial score (nSPS) is 13.8. The van der Waals surface area contributed by atoms with Gasteiger partial charge in [-0.15, -0.1) is 0 Å². The van der Waals surface area contributed by atoms with Gasteiger partial charge >= 0.3 is 13.2 Å². The van der Waals surface area contributed by atoms with E-state index in [0.29, 0.717) is 104 Å². The number of aromatic nitrogens is 10. The molecule has 27 heteroatoms. The van der Waals surface area contributed by atoms with Crippen molar-refractivity contribution in [3.05, 3.63) is 72.3 Å². The number of amides is 3. The highest BCUT2D eigenvalue weighted by molar-refractivity contribution is 6.76. The van der Waals surface area contributed by atoms with Crippen molar-refractivity contribution in [2.45, 2.75) is 137 Å². The molecule has 0 atom stereocenters. The minimum atomic E-state index is -3.02. The minimum Gasteiger partial charge on any atom is -0.435 e. The Labute approximate surface area is 486 Å². The lowest BCUT2D eigenvalue weighted by molar-refractivity contribution is -0.133. The number of carbonyl (C=O) groups is 3. The summed E-state index contributed by atoms with van der Waals surface area (Å²) in [7, 11) is -0.538. The van der Waals surface area contributed by atoms with Crippen LogP contribution in [0.1, 0.15) is 62.3 Å². The van der Waals surface area contributed by atoms with Crippen LogP contribution in [0.15, 0.2) is 61.2 Å². The lowest BCUT2D eigenvalue weighted by atomic mass is 10.1. The Balaban J connectivity index is 0.000000225. The molecule has 0 radical (unpaired) electrons. The fraction of sp³-hybridized carbons (Fsp3) is 0.491. The second-order valence-corrected chi connectivity index (χ2v) is 36.6. The molecule has 1 aliphatic heterocycles. The number of aromatic amines is 1. The summed E-state index contributed by atoms with van der Waals surface area (Å²) >= 11 is 0. The molecule has 1 fully saturated rings. The smallest absolute Gasteiger partial charge is 0.387 e. The van der Waals surface area contributed by atoms with Crippen molar-refractivity contribution in [1.82, 2.24) is 69.5 Å². The second kappa shape index (κ2) is 25.5. The van der Waals surface area contributed by atoms with Gasteiger partial charge in [-0.05, 0) is 97.1 Å².